The Morgan fingerprint density at radius 3 is 2.88 bits per heavy atom. The maximum atomic E-state index is 11.9. The zero-order valence-electron chi connectivity index (χ0n) is 8.59. The summed E-state index contributed by atoms with van der Waals surface area (Å²) in [6.45, 7) is 4.37. The Morgan fingerprint density at radius 1 is 1.62 bits per heavy atom. The van der Waals surface area contributed by atoms with Crippen molar-refractivity contribution >= 4 is 40.8 Å². The van der Waals surface area contributed by atoms with Gasteiger partial charge >= 0.3 is 5.97 Å². The van der Waals surface area contributed by atoms with E-state index < -0.39 is 15.6 Å². The fourth-order valence-electron chi connectivity index (χ4n) is 2.52. The van der Waals surface area contributed by atoms with Gasteiger partial charge in [0.15, 0.2) is 0 Å². The van der Waals surface area contributed by atoms with Gasteiger partial charge in [0.25, 0.3) is 0 Å². The number of fused-ring (bicyclic) bond motifs is 1. The minimum absolute atomic E-state index is 0.304. The van der Waals surface area contributed by atoms with E-state index in [1.165, 1.54) is 0 Å². The standard InChI is InChI=1S/C10H12Cl3NO2/c1-2-4-9-5-3-6-14(9)7(10(11,12)13)16-8(9)15/h2,7H,1,3-6H2/t7-,9+/m1/s1. The van der Waals surface area contributed by atoms with Crippen molar-refractivity contribution in [1.82, 2.24) is 4.90 Å². The number of esters is 1. The molecular weight excluding hydrogens is 272 g/mol. The zero-order valence-corrected chi connectivity index (χ0v) is 10.9. The summed E-state index contributed by atoms with van der Waals surface area (Å²) in [7, 11) is 0. The van der Waals surface area contributed by atoms with Crippen LogP contribution in [0.4, 0.5) is 0 Å². The molecular formula is C10H12Cl3NO2. The number of nitrogens with zero attached hydrogens (tertiary/aromatic N) is 1. The molecule has 2 atom stereocenters. The average molecular weight is 285 g/mol. The van der Waals surface area contributed by atoms with Crippen molar-refractivity contribution in [2.45, 2.75) is 34.8 Å². The van der Waals surface area contributed by atoms with Crippen LogP contribution in [0.3, 0.4) is 0 Å². The molecule has 0 aromatic carbocycles. The molecule has 0 radical (unpaired) electrons. The first-order chi connectivity index (χ1) is 7.42. The van der Waals surface area contributed by atoms with Gasteiger partial charge in [0, 0.05) is 6.54 Å². The molecule has 0 amide bonds. The normalized spacial score (nSPS) is 34.9. The van der Waals surface area contributed by atoms with Crippen LogP contribution in [-0.4, -0.2) is 33.0 Å². The minimum atomic E-state index is -1.61. The zero-order chi connectivity index (χ0) is 12.0. The van der Waals surface area contributed by atoms with Crippen molar-refractivity contribution in [1.29, 1.82) is 0 Å². The summed E-state index contributed by atoms with van der Waals surface area (Å²) in [5.74, 6) is -0.304. The largest absolute Gasteiger partial charge is 0.440 e. The maximum Gasteiger partial charge on any atom is 0.328 e. The van der Waals surface area contributed by atoms with E-state index in [1.807, 2.05) is 4.90 Å². The van der Waals surface area contributed by atoms with Gasteiger partial charge in [0.1, 0.15) is 5.54 Å². The van der Waals surface area contributed by atoms with E-state index in [1.54, 1.807) is 6.08 Å². The molecule has 0 aromatic rings. The summed E-state index contributed by atoms with van der Waals surface area (Å²) in [4.78, 5) is 13.8. The molecule has 0 N–H and O–H groups in total. The van der Waals surface area contributed by atoms with E-state index in [-0.39, 0.29) is 5.97 Å². The van der Waals surface area contributed by atoms with E-state index in [2.05, 4.69) is 6.58 Å². The number of carbonyl (C=O) groups is 1. The number of ether oxygens (including phenoxy) is 1. The molecule has 16 heavy (non-hydrogen) atoms. The van der Waals surface area contributed by atoms with Crippen molar-refractivity contribution in [3.63, 3.8) is 0 Å². The van der Waals surface area contributed by atoms with E-state index in [0.29, 0.717) is 13.0 Å². The minimum Gasteiger partial charge on any atom is -0.440 e. The van der Waals surface area contributed by atoms with Crippen LogP contribution in [0.15, 0.2) is 12.7 Å². The van der Waals surface area contributed by atoms with Crippen LogP contribution in [-0.2, 0) is 9.53 Å². The Labute approximate surface area is 109 Å². The highest BCUT2D eigenvalue weighted by Gasteiger charge is 2.61. The topological polar surface area (TPSA) is 29.5 Å². The molecule has 0 saturated carbocycles. The van der Waals surface area contributed by atoms with Crippen molar-refractivity contribution < 1.29 is 9.53 Å². The van der Waals surface area contributed by atoms with E-state index in [4.69, 9.17) is 39.5 Å². The Hall–Kier alpha value is 0.0400. The van der Waals surface area contributed by atoms with E-state index >= 15 is 0 Å². The van der Waals surface area contributed by atoms with Crippen LogP contribution in [0.1, 0.15) is 19.3 Å². The maximum absolute atomic E-state index is 11.9. The van der Waals surface area contributed by atoms with Crippen molar-refractivity contribution in [2.75, 3.05) is 6.54 Å². The van der Waals surface area contributed by atoms with E-state index in [0.717, 1.165) is 12.8 Å². The third kappa shape index (κ3) is 1.74. The lowest BCUT2D eigenvalue weighted by molar-refractivity contribution is -0.145. The fraction of sp³-hybridized carbons (Fsp3) is 0.700. The number of hydrogen-bond acceptors (Lipinski definition) is 3. The molecule has 0 aliphatic carbocycles. The van der Waals surface area contributed by atoms with Gasteiger partial charge < -0.3 is 4.74 Å². The number of hydrogen-bond donors (Lipinski definition) is 0. The molecule has 2 rings (SSSR count). The second kappa shape index (κ2) is 4.05. The van der Waals surface area contributed by atoms with Crippen LogP contribution in [0.5, 0.6) is 0 Å². The lowest BCUT2D eigenvalue weighted by Gasteiger charge is -2.31. The van der Waals surface area contributed by atoms with Gasteiger partial charge in [-0.05, 0) is 19.3 Å². The van der Waals surface area contributed by atoms with Crippen LogP contribution >= 0.6 is 34.8 Å². The van der Waals surface area contributed by atoms with E-state index in [9.17, 15) is 4.79 Å². The molecule has 2 heterocycles. The van der Waals surface area contributed by atoms with Gasteiger partial charge in [-0.2, -0.15) is 0 Å². The van der Waals surface area contributed by atoms with Crippen LogP contribution in [0.2, 0.25) is 0 Å². The monoisotopic (exact) mass is 283 g/mol. The highest BCUT2D eigenvalue weighted by atomic mass is 35.6. The lowest BCUT2D eigenvalue weighted by Crippen LogP contribution is -2.48. The highest BCUT2D eigenvalue weighted by molar-refractivity contribution is 6.68. The quantitative estimate of drug-likeness (QED) is 0.443. The third-order valence-corrected chi connectivity index (χ3v) is 3.74. The average Bonchev–Trinajstić information content (AvgIpc) is 2.66. The second-order valence-electron chi connectivity index (χ2n) is 4.12. The Balaban J connectivity index is 2.32. The Bertz CT molecular complexity index is 329. The van der Waals surface area contributed by atoms with Gasteiger partial charge in [0.2, 0.25) is 10.0 Å². The van der Waals surface area contributed by atoms with Gasteiger partial charge in [-0.25, -0.2) is 9.69 Å². The molecule has 2 fully saturated rings. The van der Waals surface area contributed by atoms with Crippen molar-refractivity contribution in [3.05, 3.63) is 12.7 Å². The molecule has 0 bridgehead atoms. The van der Waals surface area contributed by atoms with Crippen molar-refractivity contribution in [2.24, 2.45) is 0 Å². The number of carbonyl (C=O) groups excluding carboxylic acids is 1. The Morgan fingerprint density at radius 2 is 2.31 bits per heavy atom. The van der Waals surface area contributed by atoms with Crippen LogP contribution in [0.25, 0.3) is 0 Å². The highest BCUT2D eigenvalue weighted by Crippen LogP contribution is 2.47. The number of cyclic esters (lactones) is 1. The molecule has 0 spiro atoms. The lowest BCUT2D eigenvalue weighted by atomic mass is 9.93. The van der Waals surface area contributed by atoms with Gasteiger partial charge in [-0.15, -0.1) is 6.58 Å². The summed E-state index contributed by atoms with van der Waals surface area (Å²) < 4.78 is 3.58. The molecule has 2 aliphatic heterocycles. The molecule has 2 saturated heterocycles. The Kier molecular flexibility index (Phi) is 3.17. The summed E-state index contributed by atoms with van der Waals surface area (Å²) in [5, 5.41) is 0. The predicted octanol–water partition coefficient (Wildman–Crippen LogP) is 2.65. The molecule has 90 valence electrons. The molecule has 3 nitrogen and oxygen atoms in total. The summed E-state index contributed by atoms with van der Waals surface area (Å²) in [6.07, 6.45) is 3.09. The van der Waals surface area contributed by atoms with Gasteiger partial charge in [-0.3, -0.25) is 0 Å². The van der Waals surface area contributed by atoms with Gasteiger partial charge in [0.05, 0.1) is 0 Å². The molecule has 6 heteroatoms. The molecule has 0 aromatic heterocycles. The number of halogens is 3. The smallest absolute Gasteiger partial charge is 0.328 e. The molecule has 2 aliphatic rings. The number of rotatable bonds is 2. The third-order valence-electron chi connectivity index (χ3n) is 3.18. The first kappa shape index (κ1) is 12.5. The summed E-state index contributed by atoms with van der Waals surface area (Å²) in [6, 6.07) is 0. The fourth-order valence-corrected chi connectivity index (χ4v) is 3.01. The van der Waals surface area contributed by atoms with Crippen LogP contribution < -0.4 is 0 Å². The second-order valence-corrected chi connectivity index (χ2v) is 6.49. The van der Waals surface area contributed by atoms with Gasteiger partial charge in [-0.1, -0.05) is 40.9 Å². The first-order valence-electron chi connectivity index (χ1n) is 5.07. The van der Waals surface area contributed by atoms with Crippen LogP contribution in [0, 0.1) is 0 Å². The predicted molar refractivity (Wildman–Crippen MR) is 63.7 cm³/mol. The summed E-state index contributed by atoms with van der Waals surface area (Å²) >= 11 is 17.5. The molecule has 0 unspecified atom stereocenters. The van der Waals surface area contributed by atoms with Crippen molar-refractivity contribution in [3.8, 4) is 0 Å². The SMILES string of the molecule is C=CC[C@@]12CCCN1[C@@H](C(Cl)(Cl)Cl)OC2=O. The number of alkyl halides is 3. The first-order valence-corrected chi connectivity index (χ1v) is 6.21. The summed E-state index contributed by atoms with van der Waals surface area (Å²) in [5.41, 5.74) is -0.656.